The van der Waals surface area contributed by atoms with Gasteiger partial charge in [-0.05, 0) is 60.2 Å². The van der Waals surface area contributed by atoms with Crippen molar-refractivity contribution in [1.29, 1.82) is 5.26 Å². The zero-order valence-corrected chi connectivity index (χ0v) is 14.4. The second-order valence-electron chi connectivity index (χ2n) is 6.07. The number of rotatable bonds is 7. The molecule has 0 saturated heterocycles. The molecule has 0 aromatic heterocycles. The maximum absolute atomic E-state index is 8.55. The number of aryl methyl sites for hydroxylation is 1. The Morgan fingerprint density at radius 2 is 2.17 bits per heavy atom. The molecule has 1 aliphatic rings. The number of fused-ring (bicyclic) bond motifs is 1. The normalized spacial score (nSPS) is 15.8. The van der Waals surface area contributed by atoms with E-state index in [9.17, 15) is 0 Å². The first kappa shape index (κ1) is 16.8. The molecule has 0 fully saturated rings. The summed E-state index contributed by atoms with van der Waals surface area (Å²) >= 11 is 6.07. The molecule has 0 radical (unpaired) electrons. The molecular formula is C20H21ClN2O. The van der Waals surface area contributed by atoms with Crippen molar-refractivity contribution in [3.8, 4) is 11.8 Å². The fourth-order valence-electron chi connectivity index (χ4n) is 3.13. The number of nitrogens with zero attached hydrogens (tertiary/aromatic N) is 1. The third-order valence-corrected chi connectivity index (χ3v) is 4.57. The topological polar surface area (TPSA) is 45.0 Å². The highest BCUT2D eigenvalue weighted by Crippen LogP contribution is 2.33. The van der Waals surface area contributed by atoms with Gasteiger partial charge in [0.2, 0.25) is 0 Å². The van der Waals surface area contributed by atoms with Gasteiger partial charge in [-0.25, -0.2) is 0 Å². The van der Waals surface area contributed by atoms with Crippen molar-refractivity contribution in [2.75, 3.05) is 6.61 Å². The molecule has 0 aliphatic heterocycles. The lowest BCUT2D eigenvalue weighted by Gasteiger charge is -2.15. The number of hydrogen-bond acceptors (Lipinski definition) is 3. The van der Waals surface area contributed by atoms with E-state index in [1.807, 2.05) is 18.2 Å². The summed E-state index contributed by atoms with van der Waals surface area (Å²) in [4.78, 5) is 0. The van der Waals surface area contributed by atoms with Gasteiger partial charge in [0.15, 0.2) is 0 Å². The van der Waals surface area contributed by atoms with Crippen LogP contribution in [0, 0.1) is 11.3 Å². The highest BCUT2D eigenvalue weighted by molar-refractivity contribution is 6.30. The fraction of sp³-hybridized carbons (Fsp3) is 0.350. The Kier molecular flexibility index (Phi) is 5.74. The summed E-state index contributed by atoms with van der Waals surface area (Å²) in [7, 11) is 0. The predicted molar refractivity (Wildman–Crippen MR) is 96.1 cm³/mol. The summed E-state index contributed by atoms with van der Waals surface area (Å²) in [6.07, 6.45) is 3.49. The number of hydrogen-bond donors (Lipinski definition) is 1. The molecule has 3 rings (SSSR count). The zero-order valence-electron chi connectivity index (χ0n) is 13.6. The monoisotopic (exact) mass is 340 g/mol. The van der Waals surface area contributed by atoms with E-state index >= 15 is 0 Å². The van der Waals surface area contributed by atoms with E-state index in [4.69, 9.17) is 21.6 Å². The number of ether oxygens (including phenoxy) is 1. The molecule has 2 aromatic carbocycles. The summed E-state index contributed by atoms with van der Waals surface area (Å²) in [5.74, 6) is 0.867. The van der Waals surface area contributed by atoms with Gasteiger partial charge in [0.1, 0.15) is 5.75 Å². The van der Waals surface area contributed by atoms with Crippen molar-refractivity contribution in [3.05, 3.63) is 64.2 Å². The number of unbranched alkanes of at least 4 members (excludes halogenated alkanes) is 1. The van der Waals surface area contributed by atoms with Crippen LogP contribution in [-0.2, 0) is 13.0 Å². The zero-order chi connectivity index (χ0) is 16.8. The minimum absolute atomic E-state index is 0.387. The molecule has 4 heteroatoms. The standard InChI is InChI=1S/C20H21ClN2O/c21-17-7-8-19-16(13-17)6-9-20(19)23-14-15-4-3-5-18(12-15)24-11-2-1-10-22/h3-5,7-8,12-13,20,23H,1-2,6,9,11,14H2. The number of nitrogens with one attached hydrogen (secondary N) is 1. The quantitative estimate of drug-likeness (QED) is 0.736. The highest BCUT2D eigenvalue weighted by Gasteiger charge is 2.21. The van der Waals surface area contributed by atoms with Gasteiger partial charge in [-0.2, -0.15) is 5.26 Å². The van der Waals surface area contributed by atoms with Crippen molar-refractivity contribution in [3.63, 3.8) is 0 Å². The van der Waals surface area contributed by atoms with Crippen molar-refractivity contribution >= 4 is 11.6 Å². The van der Waals surface area contributed by atoms with Crippen LogP contribution in [0.5, 0.6) is 5.75 Å². The van der Waals surface area contributed by atoms with Gasteiger partial charge in [-0.3, -0.25) is 0 Å². The van der Waals surface area contributed by atoms with Crippen LogP contribution in [0.25, 0.3) is 0 Å². The van der Waals surface area contributed by atoms with Gasteiger partial charge in [0.05, 0.1) is 12.7 Å². The van der Waals surface area contributed by atoms with Crippen LogP contribution >= 0.6 is 11.6 Å². The van der Waals surface area contributed by atoms with Crippen molar-refractivity contribution in [1.82, 2.24) is 5.32 Å². The van der Waals surface area contributed by atoms with E-state index in [2.05, 4.69) is 35.7 Å². The molecule has 2 aromatic rings. The van der Waals surface area contributed by atoms with Crippen LogP contribution < -0.4 is 10.1 Å². The van der Waals surface area contributed by atoms with E-state index in [-0.39, 0.29) is 0 Å². The van der Waals surface area contributed by atoms with E-state index in [0.717, 1.165) is 36.6 Å². The Labute approximate surface area is 148 Å². The maximum Gasteiger partial charge on any atom is 0.119 e. The molecular weight excluding hydrogens is 320 g/mol. The lowest BCUT2D eigenvalue weighted by atomic mass is 10.1. The molecule has 1 N–H and O–H groups in total. The first-order chi connectivity index (χ1) is 11.8. The second kappa shape index (κ2) is 8.19. The van der Waals surface area contributed by atoms with Gasteiger partial charge in [0, 0.05) is 24.0 Å². The van der Waals surface area contributed by atoms with Gasteiger partial charge < -0.3 is 10.1 Å². The molecule has 1 atom stereocenters. The Morgan fingerprint density at radius 1 is 1.25 bits per heavy atom. The van der Waals surface area contributed by atoms with Crippen molar-refractivity contribution in [2.24, 2.45) is 0 Å². The van der Waals surface area contributed by atoms with E-state index in [0.29, 0.717) is 19.1 Å². The van der Waals surface area contributed by atoms with Gasteiger partial charge in [-0.15, -0.1) is 0 Å². The summed E-state index contributed by atoms with van der Waals surface area (Å²) < 4.78 is 5.70. The van der Waals surface area contributed by atoms with E-state index < -0.39 is 0 Å². The average molecular weight is 341 g/mol. The maximum atomic E-state index is 8.55. The van der Waals surface area contributed by atoms with Crippen LogP contribution in [-0.4, -0.2) is 6.61 Å². The Hall–Kier alpha value is -2.02. The lowest BCUT2D eigenvalue weighted by Crippen LogP contribution is -2.18. The van der Waals surface area contributed by atoms with Crippen molar-refractivity contribution in [2.45, 2.75) is 38.3 Å². The van der Waals surface area contributed by atoms with Gasteiger partial charge in [0.25, 0.3) is 0 Å². The fourth-order valence-corrected chi connectivity index (χ4v) is 3.32. The predicted octanol–water partition coefficient (Wildman–Crippen LogP) is 4.80. The molecule has 0 bridgehead atoms. The lowest BCUT2D eigenvalue weighted by molar-refractivity contribution is 0.312. The molecule has 0 saturated carbocycles. The van der Waals surface area contributed by atoms with Gasteiger partial charge in [-0.1, -0.05) is 29.8 Å². The van der Waals surface area contributed by atoms with E-state index in [1.165, 1.54) is 16.7 Å². The minimum atomic E-state index is 0.387. The SMILES string of the molecule is N#CCCCOc1cccc(CNC2CCc3cc(Cl)ccc32)c1. The molecule has 0 amide bonds. The third-order valence-electron chi connectivity index (χ3n) is 4.34. The number of nitriles is 1. The molecule has 0 spiro atoms. The first-order valence-electron chi connectivity index (χ1n) is 8.36. The van der Waals surface area contributed by atoms with Crippen LogP contribution in [0.3, 0.4) is 0 Å². The Morgan fingerprint density at radius 3 is 3.04 bits per heavy atom. The summed E-state index contributed by atoms with van der Waals surface area (Å²) in [6.45, 7) is 1.39. The van der Waals surface area contributed by atoms with E-state index in [1.54, 1.807) is 0 Å². The third kappa shape index (κ3) is 4.29. The van der Waals surface area contributed by atoms with Crippen LogP contribution in [0.2, 0.25) is 5.02 Å². The highest BCUT2D eigenvalue weighted by atomic mass is 35.5. The van der Waals surface area contributed by atoms with Crippen LogP contribution in [0.4, 0.5) is 0 Å². The molecule has 1 unspecified atom stereocenters. The van der Waals surface area contributed by atoms with Gasteiger partial charge >= 0.3 is 0 Å². The largest absolute Gasteiger partial charge is 0.494 e. The minimum Gasteiger partial charge on any atom is -0.494 e. The number of benzene rings is 2. The van der Waals surface area contributed by atoms with Crippen LogP contribution in [0.15, 0.2) is 42.5 Å². The Bertz CT molecular complexity index is 739. The molecule has 3 nitrogen and oxygen atoms in total. The summed E-state index contributed by atoms with van der Waals surface area (Å²) in [6, 6.07) is 16.8. The molecule has 1 aliphatic carbocycles. The summed E-state index contributed by atoms with van der Waals surface area (Å²) in [5.41, 5.74) is 3.92. The smallest absolute Gasteiger partial charge is 0.119 e. The summed E-state index contributed by atoms with van der Waals surface area (Å²) in [5, 5.41) is 13.0. The average Bonchev–Trinajstić information content (AvgIpc) is 2.99. The molecule has 124 valence electrons. The second-order valence-corrected chi connectivity index (χ2v) is 6.51. The first-order valence-corrected chi connectivity index (χ1v) is 8.74. The molecule has 24 heavy (non-hydrogen) atoms. The van der Waals surface area contributed by atoms with Crippen molar-refractivity contribution < 1.29 is 4.74 Å². The number of halogens is 1. The molecule has 0 heterocycles. The van der Waals surface area contributed by atoms with Crippen LogP contribution in [0.1, 0.15) is 42.0 Å². The Balaban J connectivity index is 1.55.